The minimum absolute atomic E-state index is 0.0335. The van der Waals surface area contributed by atoms with Gasteiger partial charge in [0.25, 0.3) is 5.91 Å². The number of nitrogens with one attached hydrogen (secondary N) is 1. The predicted molar refractivity (Wildman–Crippen MR) is 127 cm³/mol. The molecule has 0 radical (unpaired) electrons. The van der Waals surface area contributed by atoms with Crippen molar-refractivity contribution in [2.24, 2.45) is 0 Å². The molecule has 0 bridgehead atoms. The highest BCUT2D eigenvalue weighted by atomic mass is 32.2. The van der Waals surface area contributed by atoms with Crippen LogP contribution in [0.1, 0.15) is 11.1 Å². The summed E-state index contributed by atoms with van der Waals surface area (Å²) in [4.78, 5) is 29.1. The fraction of sp³-hybridized carbons (Fsp3) is 0.200. The number of thioether (sulfide) groups is 1. The summed E-state index contributed by atoms with van der Waals surface area (Å²) in [6.45, 7) is 0.399. The van der Waals surface area contributed by atoms with E-state index in [0.29, 0.717) is 40.5 Å². The molecule has 3 amide bonds. The third-order valence-electron chi connectivity index (χ3n) is 6.00. The Balaban J connectivity index is 1.55. The Morgan fingerprint density at radius 3 is 2.62 bits per heavy atom. The molecule has 174 valence electrons. The number of urea groups is 1. The predicted octanol–water partition coefficient (Wildman–Crippen LogP) is 4.95. The highest BCUT2D eigenvalue weighted by Gasteiger charge is 2.59. The fourth-order valence-electron chi connectivity index (χ4n) is 4.41. The van der Waals surface area contributed by atoms with Crippen molar-refractivity contribution in [1.82, 2.24) is 4.90 Å². The number of fused-ring (bicyclic) bond motifs is 2. The van der Waals surface area contributed by atoms with E-state index < -0.39 is 22.5 Å². The number of hydrogen-bond donors (Lipinski definition) is 1. The molecule has 1 atom stereocenters. The Labute approximate surface area is 199 Å². The Kier molecular flexibility index (Phi) is 5.65. The highest BCUT2D eigenvalue weighted by molar-refractivity contribution is 8.01. The maximum atomic E-state index is 14.0. The van der Waals surface area contributed by atoms with Crippen molar-refractivity contribution in [2.45, 2.75) is 11.4 Å². The molecule has 0 aromatic heterocycles. The Bertz CT molecular complexity index is 1270. The summed E-state index contributed by atoms with van der Waals surface area (Å²) in [6, 6.07) is 17.5. The van der Waals surface area contributed by atoms with Crippen molar-refractivity contribution < 1.29 is 23.1 Å². The van der Waals surface area contributed by atoms with Crippen LogP contribution < -0.4 is 15.0 Å². The molecule has 2 heterocycles. The van der Waals surface area contributed by atoms with Crippen LogP contribution in [0.2, 0.25) is 0 Å². The van der Waals surface area contributed by atoms with Gasteiger partial charge in [0.15, 0.2) is 16.5 Å². The summed E-state index contributed by atoms with van der Waals surface area (Å²) >= 11 is 1.37. The molecular formula is C25H21F2N3O3S. The molecule has 2 aliphatic rings. The first-order chi connectivity index (χ1) is 16.4. The van der Waals surface area contributed by atoms with Crippen molar-refractivity contribution >= 4 is 35.1 Å². The van der Waals surface area contributed by atoms with Gasteiger partial charge in [0.1, 0.15) is 5.75 Å². The minimum atomic E-state index is -1.29. The Morgan fingerprint density at radius 1 is 1.09 bits per heavy atom. The van der Waals surface area contributed by atoms with Gasteiger partial charge in [-0.1, -0.05) is 24.3 Å². The van der Waals surface area contributed by atoms with E-state index in [9.17, 15) is 18.4 Å². The van der Waals surface area contributed by atoms with Gasteiger partial charge < -0.3 is 15.0 Å². The van der Waals surface area contributed by atoms with Gasteiger partial charge in [0.05, 0.1) is 19.3 Å². The first kappa shape index (κ1) is 22.2. The molecule has 1 saturated heterocycles. The third-order valence-corrected chi connectivity index (χ3v) is 7.41. The summed E-state index contributed by atoms with van der Waals surface area (Å²) in [7, 11) is 1.53. The first-order valence-corrected chi connectivity index (χ1v) is 11.6. The van der Waals surface area contributed by atoms with Crippen LogP contribution in [0.3, 0.4) is 0 Å². The van der Waals surface area contributed by atoms with Crippen LogP contribution in [-0.4, -0.2) is 36.2 Å². The molecule has 34 heavy (non-hydrogen) atoms. The summed E-state index contributed by atoms with van der Waals surface area (Å²) in [5.74, 6) is -1.13. The number of carbonyl (C=O) groups is 2. The summed E-state index contributed by atoms with van der Waals surface area (Å²) in [5.41, 5.74) is 2.29. The molecule has 0 aliphatic carbocycles. The van der Waals surface area contributed by atoms with Crippen molar-refractivity contribution in [3.05, 3.63) is 89.5 Å². The third kappa shape index (κ3) is 3.56. The lowest BCUT2D eigenvalue weighted by Gasteiger charge is -2.33. The lowest BCUT2D eigenvalue weighted by molar-refractivity contribution is -0.123. The summed E-state index contributed by atoms with van der Waals surface area (Å²) < 4.78 is 32.7. The van der Waals surface area contributed by atoms with Gasteiger partial charge in [0.2, 0.25) is 0 Å². The molecule has 0 unspecified atom stereocenters. The van der Waals surface area contributed by atoms with E-state index in [1.165, 1.54) is 34.7 Å². The normalized spacial score (nSPS) is 19.0. The second kappa shape index (κ2) is 8.64. The van der Waals surface area contributed by atoms with Gasteiger partial charge in [-0.15, -0.1) is 11.8 Å². The van der Waals surface area contributed by atoms with Gasteiger partial charge in [-0.2, -0.15) is 0 Å². The van der Waals surface area contributed by atoms with Crippen LogP contribution in [0, 0.1) is 11.6 Å². The Morgan fingerprint density at radius 2 is 1.88 bits per heavy atom. The largest absolute Gasteiger partial charge is 0.497 e. The second-order valence-electron chi connectivity index (χ2n) is 7.96. The van der Waals surface area contributed by atoms with Crippen LogP contribution in [0.25, 0.3) is 0 Å². The minimum Gasteiger partial charge on any atom is -0.497 e. The number of anilines is 2. The zero-order valence-corrected chi connectivity index (χ0v) is 19.1. The smallest absolute Gasteiger partial charge is 0.323 e. The highest BCUT2D eigenvalue weighted by Crippen LogP contribution is 2.55. The standard InChI is InChI=1S/C25H21F2N3O3S/c1-33-18-8-10-22-19(14-18)25(23(31)29(22)15-16-7-9-20(26)21(27)13-16)30(11-12-34-25)24(32)28-17-5-3-2-4-6-17/h2-10,13-14H,11-12,15H2,1H3,(H,28,32)/t25-/m1/s1. The van der Waals surface area contributed by atoms with Gasteiger partial charge in [0, 0.05) is 23.5 Å². The summed E-state index contributed by atoms with van der Waals surface area (Å²) in [6.07, 6.45) is 0. The molecule has 6 nitrogen and oxygen atoms in total. The van der Waals surface area contributed by atoms with Crippen LogP contribution in [0.5, 0.6) is 5.75 Å². The van der Waals surface area contributed by atoms with Crippen molar-refractivity contribution in [3.8, 4) is 5.75 Å². The zero-order chi connectivity index (χ0) is 23.9. The first-order valence-electron chi connectivity index (χ1n) is 10.7. The number of halogens is 2. The number of para-hydroxylation sites is 1. The summed E-state index contributed by atoms with van der Waals surface area (Å²) in [5, 5.41) is 2.87. The lowest BCUT2D eigenvalue weighted by atomic mass is 10.1. The van der Waals surface area contributed by atoms with E-state index in [-0.39, 0.29) is 12.5 Å². The molecule has 0 saturated carbocycles. The fourth-order valence-corrected chi connectivity index (χ4v) is 5.86. The van der Waals surface area contributed by atoms with Crippen LogP contribution >= 0.6 is 11.8 Å². The number of amides is 3. The SMILES string of the molecule is COc1ccc2c(c1)[C@@]1(SCCN1C(=O)Nc1ccccc1)C(=O)N2Cc1ccc(F)c(F)c1. The molecule has 9 heteroatoms. The average Bonchev–Trinajstić information content (AvgIpc) is 3.39. The molecule has 1 spiro atoms. The van der Waals surface area contributed by atoms with Crippen molar-refractivity contribution in [1.29, 1.82) is 0 Å². The molecular weight excluding hydrogens is 460 g/mol. The number of ether oxygens (including phenoxy) is 1. The number of carbonyl (C=O) groups excluding carboxylic acids is 2. The molecule has 5 rings (SSSR count). The maximum absolute atomic E-state index is 14.0. The quantitative estimate of drug-likeness (QED) is 0.573. The maximum Gasteiger partial charge on any atom is 0.323 e. The number of nitrogens with zero attached hydrogens (tertiary/aromatic N) is 2. The van der Waals surface area contributed by atoms with E-state index in [2.05, 4.69) is 5.32 Å². The van der Waals surface area contributed by atoms with E-state index >= 15 is 0 Å². The number of rotatable bonds is 4. The molecule has 3 aromatic carbocycles. The molecule has 1 fully saturated rings. The van der Waals surface area contributed by atoms with E-state index in [4.69, 9.17) is 4.74 Å². The molecule has 2 aliphatic heterocycles. The molecule has 1 N–H and O–H groups in total. The lowest BCUT2D eigenvalue weighted by Crippen LogP contribution is -2.51. The number of hydrogen-bond acceptors (Lipinski definition) is 4. The average molecular weight is 482 g/mol. The van der Waals surface area contributed by atoms with Crippen molar-refractivity contribution in [3.63, 3.8) is 0 Å². The number of methoxy groups -OCH3 is 1. The Hall–Kier alpha value is -3.59. The van der Waals surface area contributed by atoms with Crippen LogP contribution in [0.15, 0.2) is 66.7 Å². The zero-order valence-electron chi connectivity index (χ0n) is 18.3. The van der Waals surface area contributed by atoms with E-state index in [1.54, 1.807) is 30.3 Å². The van der Waals surface area contributed by atoms with E-state index in [0.717, 1.165) is 12.1 Å². The van der Waals surface area contributed by atoms with Crippen molar-refractivity contribution in [2.75, 3.05) is 29.6 Å². The molecule has 3 aromatic rings. The van der Waals surface area contributed by atoms with Gasteiger partial charge in [-0.05, 0) is 48.0 Å². The second-order valence-corrected chi connectivity index (χ2v) is 9.25. The topological polar surface area (TPSA) is 61.9 Å². The van der Waals surface area contributed by atoms with E-state index in [1.807, 2.05) is 18.2 Å². The van der Waals surface area contributed by atoms with Crippen LogP contribution in [-0.2, 0) is 16.2 Å². The number of benzene rings is 3. The monoisotopic (exact) mass is 481 g/mol. The van der Waals surface area contributed by atoms with Gasteiger partial charge >= 0.3 is 6.03 Å². The van der Waals surface area contributed by atoms with Crippen LogP contribution in [0.4, 0.5) is 25.0 Å². The van der Waals surface area contributed by atoms with Gasteiger partial charge in [-0.3, -0.25) is 9.69 Å². The van der Waals surface area contributed by atoms with Gasteiger partial charge in [-0.25, -0.2) is 13.6 Å².